The number of hydrogen-bond acceptors (Lipinski definition) is 2. The minimum atomic E-state index is -0.923. The average Bonchev–Trinajstić information content (AvgIpc) is 2.38. The van der Waals surface area contributed by atoms with Gasteiger partial charge in [0.05, 0.1) is 5.56 Å². The summed E-state index contributed by atoms with van der Waals surface area (Å²) in [5.41, 5.74) is 1.32. The third-order valence-electron chi connectivity index (χ3n) is 2.42. The fraction of sp³-hybridized carbons (Fsp3) is 0.0714. The van der Waals surface area contributed by atoms with Gasteiger partial charge in [-0.2, -0.15) is 0 Å². The molecule has 0 spiro atoms. The fourth-order valence-electron chi connectivity index (χ4n) is 1.44. The lowest BCUT2D eigenvalue weighted by Gasteiger charge is -2.02. The number of thioether (sulfide) groups is 1. The molecule has 92 valence electrons. The Morgan fingerprint density at radius 1 is 1.06 bits per heavy atom. The second-order valence-corrected chi connectivity index (χ2v) is 4.79. The Kier molecular flexibility index (Phi) is 3.99. The first-order valence-electron chi connectivity index (χ1n) is 5.36. The molecule has 0 saturated carbocycles. The van der Waals surface area contributed by atoms with Crippen LogP contribution in [-0.4, -0.2) is 11.1 Å². The van der Waals surface area contributed by atoms with Gasteiger partial charge in [0.1, 0.15) is 5.82 Å². The van der Waals surface area contributed by atoms with Crippen molar-refractivity contribution in [3.63, 3.8) is 0 Å². The minimum Gasteiger partial charge on any atom is -0.478 e. The summed E-state index contributed by atoms with van der Waals surface area (Å²) in [5, 5.41) is 8.77. The van der Waals surface area contributed by atoms with Crippen molar-refractivity contribution in [1.29, 1.82) is 0 Å². The van der Waals surface area contributed by atoms with E-state index in [1.54, 1.807) is 48.2 Å². The molecule has 0 atom stereocenters. The van der Waals surface area contributed by atoms with Gasteiger partial charge in [0.2, 0.25) is 0 Å². The third kappa shape index (κ3) is 3.34. The van der Waals surface area contributed by atoms with Gasteiger partial charge in [0.25, 0.3) is 0 Å². The van der Waals surface area contributed by atoms with E-state index in [1.165, 1.54) is 12.1 Å². The lowest BCUT2D eigenvalue weighted by Crippen LogP contribution is -1.95. The number of rotatable bonds is 4. The van der Waals surface area contributed by atoms with Crippen molar-refractivity contribution in [1.82, 2.24) is 0 Å². The Labute approximate surface area is 108 Å². The Balaban J connectivity index is 1.97. The van der Waals surface area contributed by atoms with Crippen LogP contribution in [0.15, 0.2) is 53.4 Å². The summed E-state index contributed by atoms with van der Waals surface area (Å²) in [6, 6.07) is 13.1. The van der Waals surface area contributed by atoms with E-state index in [0.29, 0.717) is 0 Å². The molecule has 2 nitrogen and oxygen atoms in total. The smallest absolute Gasteiger partial charge is 0.335 e. The molecular formula is C14H11FO2S. The highest BCUT2D eigenvalue weighted by atomic mass is 32.2. The minimum absolute atomic E-state index is 0.245. The molecule has 0 aromatic heterocycles. The maximum absolute atomic E-state index is 12.7. The Morgan fingerprint density at radius 2 is 1.67 bits per heavy atom. The van der Waals surface area contributed by atoms with E-state index in [4.69, 9.17) is 5.11 Å². The van der Waals surface area contributed by atoms with Crippen molar-refractivity contribution in [2.24, 2.45) is 0 Å². The van der Waals surface area contributed by atoms with Crippen molar-refractivity contribution in [3.05, 3.63) is 65.5 Å². The van der Waals surface area contributed by atoms with E-state index in [2.05, 4.69) is 0 Å². The Bertz CT molecular complexity index is 535. The maximum Gasteiger partial charge on any atom is 0.335 e. The van der Waals surface area contributed by atoms with Crippen LogP contribution in [0.3, 0.4) is 0 Å². The van der Waals surface area contributed by atoms with E-state index in [0.717, 1.165) is 16.2 Å². The lowest BCUT2D eigenvalue weighted by atomic mass is 10.1. The van der Waals surface area contributed by atoms with Gasteiger partial charge in [0, 0.05) is 10.6 Å². The number of carbonyl (C=O) groups is 1. The highest BCUT2D eigenvalue weighted by Gasteiger charge is 2.02. The molecule has 0 unspecified atom stereocenters. The molecule has 0 aliphatic rings. The van der Waals surface area contributed by atoms with Gasteiger partial charge >= 0.3 is 5.97 Å². The highest BCUT2D eigenvalue weighted by Crippen LogP contribution is 2.23. The van der Waals surface area contributed by atoms with Crippen molar-refractivity contribution in [2.75, 3.05) is 0 Å². The number of hydrogen-bond donors (Lipinski definition) is 1. The summed E-state index contributed by atoms with van der Waals surface area (Å²) in [5.74, 6) is -0.441. The molecule has 0 radical (unpaired) electrons. The molecule has 2 rings (SSSR count). The number of aromatic carboxylic acids is 1. The van der Waals surface area contributed by atoms with E-state index in [1.807, 2.05) is 0 Å². The number of carboxylic acids is 1. The average molecular weight is 262 g/mol. The number of carboxylic acid groups (broad SMARTS) is 1. The molecule has 0 amide bonds. The van der Waals surface area contributed by atoms with Gasteiger partial charge in [-0.3, -0.25) is 0 Å². The molecule has 0 aliphatic heterocycles. The van der Waals surface area contributed by atoms with Gasteiger partial charge < -0.3 is 5.11 Å². The molecule has 2 aromatic carbocycles. The second-order valence-electron chi connectivity index (χ2n) is 3.74. The molecule has 18 heavy (non-hydrogen) atoms. The van der Waals surface area contributed by atoms with Gasteiger partial charge in [-0.1, -0.05) is 12.1 Å². The molecule has 0 aliphatic carbocycles. The summed E-state index contributed by atoms with van der Waals surface area (Å²) < 4.78 is 12.7. The predicted molar refractivity (Wildman–Crippen MR) is 69.4 cm³/mol. The molecule has 0 fully saturated rings. The molecule has 2 aromatic rings. The summed E-state index contributed by atoms with van der Waals surface area (Å²) >= 11 is 1.58. The van der Waals surface area contributed by atoms with Gasteiger partial charge in [-0.25, -0.2) is 9.18 Å². The number of halogens is 1. The quantitative estimate of drug-likeness (QED) is 0.851. The van der Waals surface area contributed by atoms with Crippen LogP contribution in [0.1, 0.15) is 15.9 Å². The van der Waals surface area contributed by atoms with Crippen LogP contribution in [0.4, 0.5) is 4.39 Å². The molecule has 0 heterocycles. The monoisotopic (exact) mass is 262 g/mol. The summed E-state index contributed by atoms with van der Waals surface area (Å²) in [6.07, 6.45) is 0. The zero-order chi connectivity index (χ0) is 13.0. The zero-order valence-electron chi connectivity index (χ0n) is 9.47. The molecular weight excluding hydrogens is 251 g/mol. The summed E-state index contributed by atoms with van der Waals surface area (Å²) in [4.78, 5) is 11.7. The first kappa shape index (κ1) is 12.6. The van der Waals surface area contributed by atoms with Crippen molar-refractivity contribution in [2.45, 2.75) is 10.6 Å². The van der Waals surface area contributed by atoms with Crippen LogP contribution in [0.25, 0.3) is 0 Å². The maximum atomic E-state index is 12.7. The van der Waals surface area contributed by atoms with E-state index >= 15 is 0 Å². The Hall–Kier alpha value is -1.81. The van der Waals surface area contributed by atoms with E-state index in [-0.39, 0.29) is 11.4 Å². The predicted octanol–water partition coefficient (Wildman–Crippen LogP) is 3.82. The van der Waals surface area contributed by atoms with Gasteiger partial charge in [-0.05, 0) is 42.0 Å². The van der Waals surface area contributed by atoms with Crippen molar-refractivity contribution < 1.29 is 14.3 Å². The topological polar surface area (TPSA) is 37.3 Å². The van der Waals surface area contributed by atoms with Crippen molar-refractivity contribution >= 4 is 17.7 Å². The van der Waals surface area contributed by atoms with Crippen LogP contribution < -0.4 is 0 Å². The Morgan fingerprint density at radius 3 is 2.22 bits per heavy atom. The largest absolute Gasteiger partial charge is 0.478 e. The summed E-state index contributed by atoms with van der Waals surface area (Å²) in [6.45, 7) is 0. The molecule has 1 N–H and O–H groups in total. The van der Waals surface area contributed by atoms with E-state index in [9.17, 15) is 9.18 Å². The van der Waals surface area contributed by atoms with Crippen LogP contribution in [0, 0.1) is 5.82 Å². The second kappa shape index (κ2) is 5.69. The van der Waals surface area contributed by atoms with Crippen molar-refractivity contribution in [3.8, 4) is 0 Å². The molecule has 4 heteroatoms. The first-order chi connectivity index (χ1) is 8.65. The zero-order valence-corrected chi connectivity index (χ0v) is 10.3. The van der Waals surface area contributed by atoms with Crippen LogP contribution in [0.5, 0.6) is 0 Å². The first-order valence-corrected chi connectivity index (χ1v) is 6.34. The normalized spacial score (nSPS) is 10.3. The van der Waals surface area contributed by atoms with Crippen LogP contribution in [-0.2, 0) is 5.75 Å². The van der Waals surface area contributed by atoms with E-state index < -0.39 is 5.97 Å². The van der Waals surface area contributed by atoms with Gasteiger partial charge in [-0.15, -0.1) is 11.8 Å². The lowest BCUT2D eigenvalue weighted by molar-refractivity contribution is 0.0697. The highest BCUT2D eigenvalue weighted by molar-refractivity contribution is 7.98. The SMILES string of the molecule is O=C(O)c1ccc(CSc2ccc(F)cc2)cc1. The number of benzene rings is 2. The van der Waals surface area contributed by atoms with Crippen LogP contribution in [0.2, 0.25) is 0 Å². The third-order valence-corrected chi connectivity index (χ3v) is 3.50. The van der Waals surface area contributed by atoms with Gasteiger partial charge in [0.15, 0.2) is 0 Å². The molecule has 0 saturated heterocycles. The fourth-order valence-corrected chi connectivity index (χ4v) is 2.30. The standard InChI is InChI=1S/C14H11FO2S/c15-12-5-7-13(8-6-12)18-9-10-1-3-11(4-2-10)14(16)17/h1-8H,9H2,(H,16,17). The molecule has 0 bridgehead atoms. The van der Waals surface area contributed by atoms with Crippen LogP contribution >= 0.6 is 11.8 Å². The summed E-state index contributed by atoms with van der Waals surface area (Å²) in [7, 11) is 0.